The smallest absolute Gasteiger partial charge is 0.309 e. The molecule has 8 nitrogen and oxygen atoms in total. The van der Waals surface area contributed by atoms with Crippen molar-refractivity contribution in [3.05, 3.63) is 59.9 Å². The molecular weight excluding hydrogens is 382 g/mol. The Balaban J connectivity index is 1.61. The predicted molar refractivity (Wildman–Crippen MR) is 115 cm³/mol. The molecule has 2 aromatic rings. The Morgan fingerprint density at radius 3 is 2.43 bits per heavy atom. The molecule has 2 N–H and O–H groups in total. The van der Waals surface area contributed by atoms with Crippen LogP contribution in [0.3, 0.4) is 0 Å². The summed E-state index contributed by atoms with van der Waals surface area (Å²) < 4.78 is 5.47. The normalized spacial score (nSPS) is 15.3. The van der Waals surface area contributed by atoms with Crippen LogP contribution in [-0.2, 0) is 20.9 Å². The van der Waals surface area contributed by atoms with E-state index in [2.05, 4.69) is 44.8 Å². The standard InChI is InChI=1S/C22H29N5O3/c1-26(2)19-7-5-18(6-8-19)20(27-10-12-30-13-11-27)16-25-22(29)21(28)24-15-17-4-3-9-23-14-17/h3-9,14,20H,10-13,15-16H2,1-2H3,(H,24,28)(H,25,29)/t20-/m0/s1. The van der Waals surface area contributed by atoms with E-state index in [1.807, 2.05) is 25.1 Å². The SMILES string of the molecule is CN(C)c1ccc([C@H](CNC(=O)C(=O)NCc2cccnc2)N2CCOCC2)cc1. The highest BCUT2D eigenvalue weighted by atomic mass is 16.5. The van der Waals surface area contributed by atoms with Crippen LogP contribution in [0, 0.1) is 0 Å². The van der Waals surface area contributed by atoms with Gasteiger partial charge < -0.3 is 20.3 Å². The highest BCUT2D eigenvalue weighted by Gasteiger charge is 2.24. The second-order valence-corrected chi connectivity index (χ2v) is 7.40. The van der Waals surface area contributed by atoms with Crippen LogP contribution in [0.4, 0.5) is 5.69 Å². The number of ether oxygens (including phenoxy) is 1. The Labute approximate surface area is 177 Å². The van der Waals surface area contributed by atoms with Crippen molar-refractivity contribution in [1.82, 2.24) is 20.5 Å². The zero-order valence-corrected chi connectivity index (χ0v) is 17.5. The number of nitrogens with one attached hydrogen (secondary N) is 2. The highest BCUT2D eigenvalue weighted by Crippen LogP contribution is 2.23. The summed E-state index contributed by atoms with van der Waals surface area (Å²) in [6, 6.07) is 11.9. The van der Waals surface area contributed by atoms with Crippen LogP contribution < -0.4 is 15.5 Å². The Morgan fingerprint density at radius 2 is 1.80 bits per heavy atom. The first-order valence-electron chi connectivity index (χ1n) is 10.1. The minimum absolute atomic E-state index is 0.0276. The van der Waals surface area contributed by atoms with Crippen LogP contribution in [0.2, 0.25) is 0 Å². The molecule has 2 amide bonds. The molecule has 0 spiro atoms. The number of anilines is 1. The Hall–Kier alpha value is -2.97. The van der Waals surface area contributed by atoms with E-state index in [1.54, 1.807) is 18.5 Å². The minimum atomic E-state index is -0.650. The van der Waals surface area contributed by atoms with Gasteiger partial charge in [-0.2, -0.15) is 0 Å². The lowest BCUT2D eigenvalue weighted by molar-refractivity contribution is -0.139. The summed E-state index contributed by atoms with van der Waals surface area (Å²) in [5, 5.41) is 5.42. The second kappa shape index (κ2) is 10.7. The first-order chi connectivity index (χ1) is 14.5. The van der Waals surface area contributed by atoms with Gasteiger partial charge in [0.15, 0.2) is 0 Å². The van der Waals surface area contributed by atoms with Gasteiger partial charge in [0.25, 0.3) is 0 Å². The molecule has 1 aromatic heterocycles. The molecule has 0 unspecified atom stereocenters. The molecule has 30 heavy (non-hydrogen) atoms. The molecule has 0 radical (unpaired) electrons. The molecule has 0 aliphatic carbocycles. The Bertz CT molecular complexity index is 820. The van der Waals surface area contributed by atoms with Crippen LogP contribution in [0.1, 0.15) is 17.2 Å². The number of benzene rings is 1. The topological polar surface area (TPSA) is 86.8 Å². The van der Waals surface area contributed by atoms with Crippen LogP contribution in [0.25, 0.3) is 0 Å². The maximum Gasteiger partial charge on any atom is 0.309 e. The average Bonchev–Trinajstić information content (AvgIpc) is 2.79. The third kappa shape index (κ3) is 6.01. The molecule has 1 atom stereocenters. The predicted octanol–water partition coefficient (Wildman–Crippen LogP) is 0.954. The molecule has 0 bridgehead atoms. The number of rotatable bonds is 7. The molecule has 1 fully saturated rings. The summed E-state index contributed by atoms with van der Waals surface area (Å²) in [5.41, 5.74) is 3.04. The zero-order valence-electron chi connectivity index (χ0n) is 17.5. The van der Waals surface area contributed by atoms with E-state index < -0.39 is 11.8 Å². The van der Waals surface area contributed by atoms with E-state index in [1.165, 1.54) is 0 Å². The van der Waals surface area contributed by atoms with Crippen LogP contribution in [-0.4, -0.2) is 68.6 Å². The summed E-state index contributed by atoms with van der Waals surface area (Å²) in [4.78, 5) is 32.8. The van der Waals surface area contributed by atoms with Crippen molar-refractivity contribution in [2.75, 3.05) is 51.8 Å². The van der Waals surface area contributed by atoms with Crippen molar-refractivity contribution in [3.8, 4) is 0 Å². The Kier molecular flexibility index (Phi) is 7.75. The molecule has 2 heterocycles. The molecule has 1 saturated heterocycles. The van der Waals surface area contributed by atoms with Gasteiger partial charge in [0, 0.05) is 58.4 Å². The first-order valence-corrected chi connectivity index (χ1v) is 10.1. The van der Waals surface area contributed by atoms with Gasteiger partial charge in [-0.05, 0) is 29.3 Å². The van der Waals surface area contributed by atoms with E-state index in [0.29, 0.717) is 19.8 Å². The van der Waals surface area contributed by atoms with E-state index in [0.717, 1.165) is 29.9 Å². The van der Waals surface area contributed by atoms with Crippen molar-refractivity contribution in [2.24, 2.45) is 0 Å². The summed E-state index contributed by atoms with van der Waals surface area (Å²) >= 11 is 0. The number of carbonyl (C=O) groups excluding carboxylic acids is 2. The molecule has 160 valence electrons. The van der Waals surface area contributed by atoms with Crippen molar-refractivity contribution in [3.63, 3.8) is 0 Å². The third-order valence-electron chi connectivity index (χ3n) is 5.12. The fourth-order valence-corrected chi connectivity index (χ4v) is 3.38. The van der Waals surface area contributed by atoms with E-state index in [-0.39, 0.29) is 12.6 Å². The fourth-order valence-electron chi connectivity index (χ4n) is 3.38. The van der Waals surface area contributed by atoms with Gasteiger partial charge in [0.2, 0.25) is 0 Å². The van der Waals surface area contributed by atoms with Gasteiger partial charge >= 0.3 is 11.8 Å². The quantitative estimate of drug-likeness (QED) is 0.660. The maximum atomic E-state index is 12.3. The summed E-state index contributed by atoms with van der Waals surface area (Å²) in [6.45, 7) is 3.49. The van der Waals surface area contributed by atoms with Crippen molar-refractivity contribution < 1.29 is 14.3 Å². The first kappa shape index (κ1) is 21.7. The lowest BCUT2D eigenvalue weighted by Crippen LogP contribution is -2.46. The van der Waals surface area contributed by atoms with Gasteiger partial charge in [0.1, 0.15) is 0 Å². The van der Waals surface area contributed by atoms with Gasteiger partial charge in [-0.3, -0.25) is 19.5 Å². The van der Waals surface area contributed by atoms with Crippen LogP contribution in [0.15, 0.2) is 48.8 Å². The van der Waals surface area contributed by atoms with Crippen molar-refractivity contribution in [1.29, 1.82) is 0 Å². The van der Waals surface area contributed by atoms with E-state index >= 15 is 0 Å². The number of aromatic nitrogens is 1. The number of morpholine rings is 1. The van der Waals surface area contributed by atoms with Gasteiger partial charge in [0.05, 0.1) is 19.3 Å². The number of pyridine rings is 1. The molecule has 0 saturated carbocycles. The second-order valence-electron chi connectivity index (χ2n) is 7.40. The summed E-state index contributed by atoms with van der Waals surface area (Å²) in [7, 11) is 4.00. The minimum Gasteiger partial charge on any atom is -0.379 e. The van der Waals surface area contributed by atoms with E-state index in [9.17, 15) is 9.59 Å². The van der Waals surface area contributed by atoms with Crippen LogP contribution >= 0.6 is 0 Å². The third-order valence-corrected chi connectivity index (χ3v) is 5.12. The molecule has 1 aromatic carbocycles. The number of hydrogen-bond donors (Lipinski definition) is 2. The summed E-state index contributed by atoms with van der Waals surface area (Å²) in [6.07, 6.45) is 3.32. The molecular formula is C22H29N5O3. The van der Waals surface area contributed by atoms with Crippen LogP contribution in [0.5, 0.6) is 0 Å². The molecule has 3 rings (SSSR count). The zero-order chi connectivity index (χ0) is 21.3. The largest absolute Gasteiger partial charge is 0.379 e. The fraction of sp³-hybridized carbons (Fsp3) is 0.409. The van der Waals surface area contributed by atoms with E-state index in [4.69, 9.17) is 4.74 Å². The lowest BCUT2D eigenvalue weighted by Gasteiger charge is -2.35. The molecule has 8 heteroatoms. The van der Waals surface area contributed by atoms with Crippen molar-refractivity contribution >= 4 is 17.5 Å². The summed E-state index contributed by atoms with van der Waals surface area (Å²) in [5.74, 6) is -1.29. The maximum absolute atomic E-state index is 12.3. The number of nitrogens with zero attached hydrogens (tertiary/aromatic N) is 3. The Morgan fingerprint density at radius 1 is 1.10 bits per heavy atom. The van der Waals surface area contributed by atoms with Gasteiger partial charge in [-0.25, -0.2) is 0 Å². The van der Waals surface area contributed by atoms with Gasteiger partial charge in [-0.1, -0.05) is 18.2 Å². The number of hydrogen-bond acceptors (Lipinski definition) is 6. The highest BCUT2D eigenvalue weighted by molar-refractivity contribution is 6.35. The lowest BCUT2D eigenvalue weighted by atomic mass is 10.0. The van der Waals surface area contributed by atoms with Crippen molar-refractivity contribution in [2.45, 2.75) is 12.6 Å². The average molecular weight is 412 g/mol. The molecule has 1 aliphatic rings. The molecule has 1 aliphatic heterocycles. The monoisotopic (exact) mass is 411 g/mol. The van der Waals surface area contributed by atoms with Gasteiger partial charge in [-0.15, -0.1) is 0 Å². The number of amides is 2. The number of carbonyl (C=O) groups is 2.